The molecule has 0 bridgehead atoms. The first-order valence-corrected chi connectivity index (χ1v) is 12.7. The molecule has 0 aliphatic heterocycles. The van der Waals surface area contributed by atoms with Gasteiger partial charge in [0.2, 0.25) is 0 Å². The van der Waals surface area contributed by atoms with Crippen LogP contribution in [0.4, 0.5) is 0 Å². The summed E-state index contributed by atoms with van der Waals surface area (Å²) in [6.07, 6.45) is 11.7. The van der Waals surface area contributed by atoms with E-state index in [1.807, 2.05) is 0 Å². The molecule has 0 saturated heterocycles. The molecule has 0 amide bonds. The summed E-state index contributed by atoms with van der Waals surface area (Å²) in [5, 5.41) is 2.48. The molecule has 5 aromatic rings. The minimum atomic E-state index is 0.598. The molecule has 4 heteroatoms. The fourth-order valence-corrected chi connectivity index (χ4v) is 6.17. The average Bonchev–Trinajstić information content (AvgIpc) is 3.62. The maximum Gasteiger partial charge on any atom is 0.110 e. The van der Waals surface area contributed by atoms with Crippen LogP contribution in [0.5, 0.6) is 0 Å². The second kappa shape index (κ2) is 7.72. The Morgan fingerprint density at radius 1 is 0.606 bits per heavy atom. The zero-order chi connectivity index (χ0) is 21.8. The number of aromatic amines is 2. The monoisotopic (exact) mass is 434 g/mol. The molecule has 2 fully saturated rings. The van der Waals surface area contributed by atoms with Crippen molar-refractivity contribution < 1.29 is 0 Å². The lowest BCUT2D eigenvalue weighted by molar-refractivity contribution is 0.431. The van der Waals surface area contributed by atoms with Crippen molar-refractivity contribution in [3.05, 3.63) is 60.2 Å². The topological polar surface area (TPSA) is 57.4 Å². The van der Waals surface area contributed by atoms with E-state index in [0.717, 1.165) is 22.1 Å². The van der Waals surface area contributed by atoms with Gasteiger partial charge in [0.05, 0.1) is 22.1 Å². The second-order valence-corrected chi connectivity index (χ2v) is 10.2. The molecular weight excluding hydrogens is 404 g/mol. The zero-order valence-electron chi connectivity index (χ0n) is 19.0. The number of fused-ring (bicyclic) bond motifs is 4. The van der Waals surface area contributed by atoms with Crippen LogP contribution in [0.25, 0.3) is 44.0 Å². The van der Waals surface area contributed by atoms with Crippen LogP contribution in [0, 0.1) is 0 Å². The van der Waals surface area contributed by atoms with Crippen LogP contribution in [0.15, 0.2) is 48.5 Å². The summed E-state index contributed by atoms with van der Waals surface area (Å²) in [7, 11) is 0. The Bertz CT molecular complexity index is 1460. The summed E-state index contributed by atoms with van der Waals surface area (Å²) in [5.41, 5.74) is 6.98. The van der Waals surface area contributed by atoms with Gasteiger partial charge in [0.15, 0.2) is 0 Å². The quantitative estimate of drug-likeness (QED) is 0.302. The van der Waals surface area contributed by atoms with Crippen LogP contribution >= 0.6 is 0 Å². The first kappa shape index (κ1) is 19.3. The van der Waals surface area contributed by atoms with E-state index in [4.69, 9.17) is 9.97 Å². The van der Waals surface area contributed by atoms with E-state index >= 15 is 0 Å². The van der Waals surface area contributed by atoms with Gasteiger partial charge in [-0.1, -0.05) is 56.4 Å². The lowest BCUT2D eigenvalue weighted by Gasteiger charge is -2.18. The van der Waals surface area contributed by atoms with Crippen LogP contribution in [0.2, 0.25) is 0 Å². The van der Waals surface area contributed by atoms with Gasteiger partial charge in [-0.3, -0.25) is 0 Å². The molecule has 33 heavy (non-hydrogen) atoms. The highest BCUT2D eigenvalue weighted by atomic mass is 14.9. The Hall–Kier alpha value is -3.14. The van der Waals surface area contributed by atoms with Crippen molar-refractivity contribution in [2.45, 2.75) is 69.6 Å². The maximum atomic E-state index is 5.04. The summed E-state index contributed by atoms with van der Waals surface area (Å²) in [5.74, 6) is 3.56. The Labute approximate surface area is 193 Å². The molecule has 2 heterocycles. The minimum absolute atomic E-state index is 0.598. The molecule has 4 nitrogen and oxygen atoms in total. The lowest BCUT2D eigenvalue weighted by atomic mass is 9.89. The van der Waals surface area contributed by atoms with E-state index in [-0.39, 0.29) is 0 Å². The third kappa shape index (κ3) is 3.35. The van der Waals surface area contributed by atoms with Gasteiger partial charge in [0.1, 0.15) is 11.6 Å². The summed E-state index contributed by atoms with van der Waals surface area (Å²) in [6, 6.07) is 17.9. The predicted octanol–water partition coefficient (Wildman–Crippen LogP) is 7.96. The number of nitrogens with zero attached hydrogens (tertiary/aromatic N) is 2. The Morgan fingerprint density at radius 2 is 1.27 bits per heavy atom. The normalized spacial score (nSPS) is 18.2. The third-order valence-electron chi connectivity index (χ3n) is 8.05. The molecule has 2 aliphatic carbocycles. The molecule has 0 atom stereocenters. The highest BCUT2D eigenvalue weighted by Crippen LogP contribution is 2.36. The Kier molecular flexibility index (Phi) is 4.53. The first-order chi connectivity index (χ1) is 16.3. The number of H-pyrrole nitrogens is 2. The minimum Gasteiger partial charge on any atom is -0.342 e. The number of hydrogen-bond donors (Lipinski definition) is 2. The van der Waals surface area contributed by atoms with Gasteiger partial charge in [0.25, 0.3) is 0 Å². The van der Waals surface area contributed by atoms with E-state index in [2.05, 4.69) is 58.5 Å². The number of nitrogens with one attached hydrogen (secondary N) is 2. The summed E-state index contributed by atoms with van der Waals surface area (Å²) < 4.78 is 0. The first-order valence-electron chi connectivity index (χ1n) is 12.7. The summed E-state index contributed by atoms with van der Waals surface area (Å²) >= 11 is 0. The Morgan fingerprint density at radius 3 is 2.09 bits per heavy atom. The van der Waals surface area contributed by atoms with Gasteiger partial charge >= 0.3 is 0 Å². The highest BCUT2D eigenvalue weighted by Gasteiger charge is 2.21. The molecule has 2 aromatic heterocycles. The number of hydrogen-bond acceptors (Lipinski definition) is 2. The molecule has 0 radical (unpaired) electrons. The van der Waals surface area contributed by atoms with Crippen molar-refractivity contribution in [1.29, 1.82) is 0 Å². The van der Waals surface area contributed by atoms with Crippen LogP contribution in [0.3, 0.4) is 0 Å². The van der Waals surface area contributed by atoms with Crippen LogP contribution in [-0.2, 0) is 0 Å². The van der Waals surface area contributed by atoms with E-state index < -0.39 is 0 Å². The Balaban J connectivity index is 1.25. The van der Waals surface area contributed by atoms with Crippen molar-refractivity contribution in [3.8, 4) is 11.1 Å². The highest BCUT2D eigenvalue weighted by molar-refractivity contribution is 6.05. The van der Waals surface area contributed by atoms with Crippen LogP contribution < -0.4 is 0 Å². The van der Waals surface area contributed by atoms with Crippen molar-refractivity contribution >= 4 is 32.8 Å². The van der Waals surface area contributed by atoms with Gasteiger partial charge in [0, 0.05) is 17.2 Å². The molecule has 3 aromatic carbocycles. The molecule has 7 rings (SSSR count). The fraction of sp³-hybridized carbons (Fsp3) is 0.379. The van der Waals surface area contributed by atoms with Crippen molar-refractivity contribution in [1.82, 2.24) is 19.9 Å². The van der Waals surface area contributed by atoms with Crippen LogP contribution in [-0.4, -0.2) is 19.9 Å². The number of rotatable bonds is 3. The van der Waals surface area contributed by atoms with Crippen molar-refractivity contribution in [2.24, 2.45) is 0 Å². The number of benzene rings is 3. The molecule has 0 unspecified atom stereocenters. The van der Waals surface area contributed by atoms with Gasteiger partial charge in [-0.15, -0.1) is 0 Å². The third-order valence-corrected chi connectivity index (χ3v) is 8.05. The summed E-state index contributed by atoms with van der Waals surface area (Å²) in [6.45, 7) is 0. The lowest BCUT2D eigenvalue weighted by Crippen LogP contribution is -2.05. The molecule has 2 aliphatic rings. The van der Waals surface area contributed by atoms with Gasteiger partial charge in [-0.05, 0) is 66.5 Å². The number of imidazole rings is 2. The molecule has 2 N–H and O–H groups in total. The fourth-order valence-electron chi connectivity index (χ4n) is 6.17. The standard InChI is InChI=1S/C29H30N4/c1-2-6-18(7-3-1)28-30-24-14-11-21(17-26(24)32-28)20-10-13-23-22(16-20)12-15-25-27(23)33-29(31-25)19-8-4-5-9-19/h10-19H,1-9H2,(H,30,32)(H,31,33). The largest absolute Gasteiger partial charge is 0.342 e. The molecule has 2 saturated carbocycles. The average molecular weight is 435 g/mol. The SMILES string of the molecule is c1cc2c(ccc3[nH]c(C4CCCC4)nc32)cc1-c1ccc2nc(C3CCCCC3)[nH]c2c1. The predicted molar refractivity (Wildman–Crippen MR) is 136 cm³/mol. The van der Waals surface area contributed by atoms with Gasteiger partial charge in [-0.2, -0.15) is 0 Å². The van der Waals surface area contributed by atoms with Gasteiger partial charge < -0.3 is 9.97 Å². The molecule has 166 valence electrons. The maximum absolute atomic E-state index is 5.04. The van der Waals surface area contributed by atoms with E-state index in [1.54, 1.807) is 0 Å². The van der Waals surface area contributed by atoms with Crippen molar-refractivity contribution in [3.63, 3.8) is 0 Å². The van der Waals surface area contributed by atoms with E-state index in [9.17, 15) is 0 Å². The van der Waals surface area contributed by atoms with E-state index in [1.165, 1.54) is 91.3 Å². The van der Waals surface area contributed by atoms with E-state index in [0.29, 0.717) is 11.8 Å². The smallest absolute Gasteiger partial charge is 0.110 e. The van der Waals surface area contributed by atoms with Gasteiger partial charge in [-0.25, -0.2) is 9.97 Å². The van der Waals surface area contributed by atoms with Crippen LogP contribution in [0.1, 0.15) is 81.3 Å². The molecule has 0 spiro atoms. The molecular formula is C29H30N4. The number of aromatic nitrogens is 4. The zero-order valence-corrected chi connectivity index (χ0v) is 19.0. The second-order valence-electron chi connectivity index (χ2n) is 10.2. The summed E-state index contributed by atoms with van der Waals surface area (Å²) in [4.78, 5) is 17.2. The van der Waals surface area contributed by atoms with Crippen molar-refractivity contribution in [2.75, 3.05) is 0 Å².